The molecule has 5 nitrogen and oxygen atoms in total. The summed E-state index contributed by atoms with van der Waals surface area (Å²) in [6, 6.07) is 0. The average molecular weight is 258 g/mol. The van der Waals surface area contributed by atoms with E-state index in [0.29, 0.717) is 6.61 Å². The maximum absolute atomic E-state index is 9.93. The molecule has 18 heavy (non-hydrogen) atoms. The molecule has 0 amide bonds. The van der Waals surface area contributed by atoms with Crippen molar-refractivity contribution in [1.29, 1.82) is 0 Å². The fraction of sp³-hybridized carbons (Fsp3) is 0.846. The van der Waals surface area contributed by atoms with Crippen LogP contribution in [0.5, 0.6) is 0 Å². The number of hydrogen-bond donors (Lipinski definition) is 1. The third kappa shape index (κ3) is 2.75. The van der Waals surface area contributed by atoms with Crippen molar-refractivity contribution in [2.45, 2.75) is 63.7 Å². The molecule has 2 aliphatic rings. The minimum atomic E-state index is -0.788. The highest BCUT2D eigenvalue weighted by molar-refractivity contribution is 4.98. The van der Waals surface area contributed by atoms with E-state index in [0.717, 1.165) is 0 Å². The average Bonchev–Trinajstić information content (AvgIpc) is 2.77. The summed E-state index contributed by atoms with van der Waals surface area (Å²) >= 11 is 0. The zero-order chi connectivity index (χ0) is 13.6. The molecule has 5 heteroatoms. The normalized spacial score (nSPS) is 39.7. The maximum Gasteiger partial charge on any atom is 0.164 e. The molecular weight excluding hydrogens is 236 g/mol. The second-order valence-corrected chi connectivity index (χ2v) is 5.66. The van der Waals surface area contributed by atoms with Crippen molar-refractivity contribution in [2.24, 2.45) is 0 Å². The summed E-state index contributed by atoms with van der Waals surface area (Å²) in [6.07, 6.45) is -0.441. The molecule has 0 aromatic carbocycles. The van der Waals surface area contributed by atoms with Gasteiger partial charge in [0.2, 0.25) is 0 Å². The lowest BCUT2D eigenvalue weighted by Crippen LogP contribution is -2.43. The van der Waals surface area contributed by atoms with Crippen LogP contribution in [-0.4, -0.2) is 47.7 Å². The van der Waals surface area contributed by atoms with E-state index in [2.05, 4.69) is 6.58 Å². The summed E-state index contributed by atoms with van der Waals surface area (Å²) in [5.41, 5.74) is 0. The summed E-state index contributed by atoms with van der Waals surface area (Å²) < 4.78 is 22.9. The molecule has 2 aliphatic heterocycles. The lowest BCUT2D eigenvalue weighted by atomic mass is 10.0. The molecule has 1 N–H and O–H groups in total. The van der Waals surface area contributed by atoms with Crippen molar-refractivity contribution < 1.29 is 24.1 Å². The third-order valence-electron chi connectivity index (χ3n) is 3.14. The zero-order valence-electron chi connectivity index (χ0n) is 11.4. The van der Waals surface area contributed by atoms with Crippen LogP contribution in [0, 0.1) is 0 Å². The van der Waals surface area contributed by atoms with E-state index in [-0.39, 0.29) is 12.2 Å². The fourth-order valence-electron chi connectivity index (χ4n) is 2.38. The van der Waals surface area contributed by atoms with Gasteiger partial charge in [-0.2, -0.15) is 0 Å². The van der Waals surface area contributed by atoms with Gasteiger partial charge >= 0.3 is 0 Å². The quantitative estimate of drug-likeness (QED) is 0.771. The Kier molecular flexibility index (Phi) is 3.55. The lowest BCUT2D eigenvalue weighted by molar-refractivity contribution is -0.175. The van der Waals surface area contributed by atoms with Gasteiger partial charge in [0.15, 0.2) is 11.6 Å². The minimum absolute atomic E-state index is 0.249. The topological polar surface area (TPSA) is 57.2 Å². The number of hydrogen-bond acceptors (Lipinski definition) is 5. The van der Waals surface area contributed by atoms with Gasteiger partial charge in [-0.1, -0.05) is 6.08 Å². The molecule has 0 aromatic rings. The van der Waals surface area contributed by atoms with Crippen molar-refractivity contribution in [3.63, 3.8) is 0 Å². The lowest BCUT2D eigenvalue weighted by Gasteiger charge is -2.25. The summed E-state index contributed by atoms with van der Waals surface area (Å²) in [5, 5.41) is 9.93. The predicted molar refractivity (Wildman–Crippen MR) is 64.9 cm³/mol. The van der Waals surface area contributed by atoms with E-state index in [1.54, 1.807) is 0 Å². The summed E-state index contributed by atoms with van der Waals surface area (Å²) in [5.74, 6) is -1.36. The largest absolute Gasteiger partial charge is 0.386 e. The van der Waals surface area contributed by atoms with E-state index in [4.69, 9.17) is 18.9 Å². The van der Waals surface area contributed by atoms with E-state index >= 15 is 0 Å². The molecule has 104 valence electrons. The smallest absolute Gasteiger partial charge is 0.164 e. The van der Waals surface area contributed by atoms with Crippen LogP contribution >= 0.6 is 0 Å². The molecule has 2 rings (SSSR count). The predicted octanol–water partition coefficient (Wildman–Crippen LogP) is 1.20. The Balaban J connectivity index is 2.12. The summed E-state index contributed by atoms with van der Waals surface area (Å²) in [7, 11) is 0. The molecule has 0 saturated carbocycles. The van der Waals surface area contributed by atoms with Crippen molar-refractivity contribution in [3.05, 3.63) is 12.7 Å². The van der Waals surface area contributed by atoms with Crippen molar-refractivity contribution in [3.8, 4) is 0 Å². The number of rotatable bonds is 3. The van der Waals surface area contributed by atoms with Crippen LogP contribution in [0.25, 0.3) is 0 Å². The first-order valence-corrected chi connectivity index (χ1v) is 6.22. The molecule has 4 atom stereocenters. The Morgan fingerprint density at radius 3 is 2.33 bits per heavy atom. The van der Waals surface area contributed by atoms with Crippen LogP contribution in [0.3, 0.4) is 0 Å². The second-order valence-electron chi connectivity index (χ2n) is 5.66. The SMILES string of the molecule is C=C[C@@H](O)[C@H]1OC(C)(C)O[C@@H]1[C@H]1COC(C)(C)O1. The van der Waals surface area contributed by atoms with Crippen molar-refractivity contribution in [2.75, 3.05) is 6.61 Å². The Labute approximate surface area is 108 Å². The third-order valence-corrected chi connectivity index (χ3v) is 3.14. The molecule has 2 saturated heterocycles. The highest BCUT2D eigenvalue weighted by Gasteiger charge is 2.51. The van der Waals surface area contributed by atoms with Gasteiger partial charge in [-0.15, -0.1) is 6.58 Å². The van der Waals surface area contributed by atoms with Crippen LogP contribution in [0.15, 0.2) is 12.7 Å². The maximum atomic E-state index is 9.93. The highest BCUT2D eigenvalue weighted by atomic mass is 16.8. The number of aliphatic hydroxyl groups excluding tert-OH is 1. The molecule has 2 fully saturated rings. The molecule has 0 bridgehead atoms. The molecular formula is C13H22O5. The van der Waals surface area contributed by atoms with Gasteiger partial charge in [-0.05, 0) is 27.7 Å². The monoisotopic (exact) mass is 258 g/mol. The van der Waals surface area contributed by atoms with Crippen LogP contribution in [0.2, 0.25) is 0 Å². The molecule has 2 heterocycles. The first kappa shape index (κ1) is 14.0. The van der Waals surface area contributed by atoms with Crippen LogP contribution in [0.1, 0.15) is 27.7 Å². The van der Waals surface area contributed by atoms with Crippen molar-refractivity contribution >= 4 is 0 Å². The van der Waals surface area contributed by atoms with Gasteiger partial charge in [-0.3, -0.25) is 0 Å². The van der Waals surface area contributed by atoms with E-state index in [1.807, 2.05) is 27.7 Å². The zero-order valence-corrected chi connectivity index (χ0v) is 11.4. The molecule has 0 aromatic heterocycles. The van der Waals surface area contributed by atoms with E-state index in [1.165, 1.54) is 6.08 Å². The number of aliphatic hydroxyl groups is 1. The second kappa shape index (κ2) is 4.58. The molecule has 0 unspecified atom stereocenters. The fourth-order valence-corrected chi connectivity index (χ4v) is 2.38. The van der Waals surface area contributed by atoms with Gasteiger partial charge in [0, 0.05) is 0 Å². The Bertz CT molecular complexity index is 325. The van der Waals surface area contributed by atoms with Crippen LogP contribution in [0.4, 0.5) is 0 Å². The van der Waals surface area contributed by atoms with Crippen molar-refractivity contribution in [1.82, 2.24) is 0 Å². The first-order valence-electron chi connectivity index (χ1n) is 6.22. The first-order chi connectivity index (χ1) is 8.24. The molecule has 0 aliphatic carbocycles. The summed E-state index contributed by atoms with van der Waals surface area (Å²) in [6.45, 7) is 11.4. The Morgan fingerprint density at radius 2 is 1.83 bits per heavy atom. The molecule has 0 radical (unpaired) electrons. The van der Waals surface area contributed by atoms with E-state index < -0.39 is 23.8 Å². The van der Waals surface area contributed by atoms with Gasteiger partial charge in [0.05, 0.1) is 6.61 Å². The van der Waals surface area contributed by atoms with Gasteiger partial charge in [0.25, 0.3) is 0 Å². The van der Waals surface area contributed by atoms with Gasteiger partial charge in [-0.25, -0.2) is 0 Å². The Morgan fingerprint density at radius 1 is 1.17 bits per heavy atom. The standard InChI is InChI=1S/C13H22O5/c1-6-8(14)10-11(18-13(4,5)17-10)9-7-15-12(2,3)16-9/h6,8-11,14H,1,7H2,2-5H3/t8-,9-,10-,11-/m1/s1. The van der Waals surface area contributed by atoms with Gasteiger partial charge in [0.1, 0.15) is 24.4 Å². The minimum Gasteiger partial charge on any atom is -0.386 e. The number of ether oxygens (including phenoxy) is 4. The van der Waals surface area contributed by atoms with Crippen LogP contribution in [-0.2, 0) is 18.9 Å². The highest BCUT2D eigenvalue weighted by Crippen LogP contribution is 2.36. The summed E-state index contributed by atoms with van der Waals surface area (Å²) in [4.78, 5) is 0. The van der Waals surface area contributed by atoms with Gasteiger partial charge < -0.3 is 24.1 Å². The molecule has 0 spiro atoms. The van der Waals surface area contributed by atoms with Crippen LogP contribution < -0.4 is 0 Å². The Hall–Kier alpha value is -0.460. The van der Waals surface area contributed by atoms with E-state index in [9.17, 15) is 5.11 Å².